The molecule has 0 aliphatic carbocycles. The van der Waals surface area contributed by atoms with Crippen LogP contribution in [0, 0.1) is 32.1 Å². The first-order valence-electron chi connectivity index (χ1n) is 19.4. The highest BCUT2D eigenvalue weighted by atomic mass is 31.2. The highest BCUT2D eigenvalue weighted by Crippen LogP contribution is 2.50. The van der Waals surface area contributed by atoms with Crippen LogP contribution in [0.25, 0.3) is 0 Å². The molecule has 1 fully saturated rings. The molecule has 1 amide bonds. The van der Waals surface area contributed by atoms with E-state index >= 15 is 9.59 Å². The number of nitro benzene ring substituents is 2. The molecule has 318 valence electrons. The SMILES string of the molecule is COC(=O)/C=C/C(C)C1C(C(C)OC(=O)OCc2ccc([N+](=O)[O-])cc2)C(=O)N1C(C(=O)OCc1ccc([N+](=O)[O-])cc1)=P(c1ccccc1)(c1ccccc1)c1ccccc1. The van der Waals surface area contributed by atoms with Crippen LogP contribution in [0.1, 0.15) is 25.0 Å². The minimum Gasteiger partial charge on any atom is -0.466 e. The lowest BCUT2D eigenvalue weighted by molar-refractivity contribution is -0.385. The topological polar surface area (TPSA) is 195 Å². The van der Waals surface area contributed by atoms with Crippen molar-refractivity contribution >= 4 is 63.6 Å². The van der Waals surface area contributed by atoms with Gasteiger partial charge in [-0.1, -0.05) is 104 Å². The van der Waals surface area contributed by atoms with E-state index in [-0.39, 0.29) is 30.0 Å². The number of likely N-dealkylation sites (tertiary alicyclic amines) is 1. The number of rotatable bonds is 16. The third-order valence-electron chi connectivity index (χ3n) is 10.4. The normalized spacial score (nSPS) is 15.7. The standard InChI is InChI=1S/C46H42N3O12P/c1-31(19-28-40(50)58-3)42-41(32(2)61-46(53)60-30-34-22-26-36(27-23-34)49(56)57)43(51)47(42)44(45(52)59-29-33-20-24-35(25-21-33)48(54)55)62(37-13-7-4-8-14-37,38-15-9-5-10-16-38)39-17-11-6-12-18-39/h4-28,31-32,41-42H,29-30H2,1-3H3/b28-19+. The van der Waals surface area contributed by atoms with Crippen molar-refractivity contribution in [2.45, 2.75) is 39.2 Å². The molecule has 0 radical (unpaired) electrons. The average molecular weight is 860 g/mol. The van der Waals surface area contributed by atoms with Gasteiger partial charge in [-0.15, -0.1) is 0 Å². The number of carbonyl (C=O) groups excluding carboxylic acids is 4. The summed E-state index contributed by atoms with van der Waals surface area (Å²) in [5.41, 5.74) is 0.652. The molecular weight excluding hydrogens is 817 g/mol. The van der Waals surface area contributed by atoms with Crippen LogP contribution in [-0.2, 0) is 46.5 Å². The molecule has 0 N–H and O–H groups in total. The number of benzene rings is 5. The molecule has 1 aliphatic heterocycles. The van der Waals surface area contributed by atoms with Crippen LogP contribution >= 0.6 is 6.89 Å². The Labute approximate surface area is 356 Å². The minimum atomic E-state index is -3.41. The summed E-state index contributed by atoms with van der Waals surface area (Å²) in [5, 5.41) is 24.6. The molecule has 15 nitrogen and oxygen atoms in total. The van der Waals surface area contributed by atoms with E-state index in [1.54, 1.807) is 13.0 Å². The number of hydrogen-bond donors (Lipinski definition) is 0. The number of esters is 2. The molecule has 62 heavy (non-hydrogen) atoms. The average Bonchev–Trinajstić information content (AvgIpc) is 3.29. The predicted molar refractivity (Wildman–Crippen MR) is 231 cm³/mol. The molecule has 5 aromatic carbocycles. The van der Waals surface area contributed by atoms with Gasteiger partial charge < -0.3 is 23.8 Å². The van der Waals surface area contributed by atoms with Crippen LogP contribution in [0.15, 0.2) is 152 Å². The number of nitrogens with zero attached hydrogens (tertiary/aromatic N) is 3. The zero-order valence-corrected chi connectivity index (χ0v) is 34.7. The Morgan fingerprint density at radius 2 is 1.13 bits per heavy atom. The summed E-state index contributed by atoms with van der Waals surface area (Å²) in [7, 11) is 1.22. The number of nitro groups is 2. The summed E-state index contributed by atoms with van der Waals surface area (Å²) < 4.78 is 22.0. The van der Waals surface area contributed by atoms with Crippen LogP contribution < -0.4 is 15.9 Å². The summed E-state index contributed by atoms with van der Waals surface area (Å²) >= 11 is 0. The van der Waals surface area contributed by atoms with E-state index < -0.39 is 64.7 Å². The molecule has 1 saturated heterocycles. The summed E-state index contributed by atoms with van der Waals surface area (Å²) in [4.78, 5) is 78.7. The number of non-ortho nitro benzene ring substituents is 2. The molecule has 16 heteroatoms. The van der Waals surface area contributed by atoms with Gasteiger partial charge in [0.2, 0.25) is 5.91 Å². The van der Waals surface area contributed by atoms with Crippen molar-refractivity contribution in [3.8, 4) is 0 Å². The Balaban J connectivity index is 1.50. The lowest BCUT2D eigenvalue weighted by Gasteiger charge is -2.53. The van der Waals surface area contributed by atoms with E-state index in [1.807, 2.05) is 91.0 Å². The lowest BCUT2D eigenvalue weighted by Crippen LogP contribution is -2.70. The molecule has 4 atom stereocenters. The van der Waals surface area contributed by atoms with Crippen LogP contribution in [-0.4, -0.2) is 63.4 Å². The highest BCUT2D eigenvalue weighted by molar-refractivity contribution is 7.96. The number of methoxy groups -OCH3 is 1. The third-order valence-corrected chi connectivity index (χ3v) is 14.7. The molecule has 1 heterocycles. The fourth-order valence-corrected chi connectivity index (χ4v) is 11.8. The molecular formula is C46H42N3O12P. The molecule has 0 aromatic heterocycles. The van der Waals surface area contributed by atoms with Gasteiger partial charge in [0, 0.05) is 37.2 Å². The maximum Gasteiger partial charge on any atom is 0.508 e. The number of hydrogen-bond acceptors (Lipinski definition) is 12. The molecule has 0 bridgehead atoms. The molecule has 0 spiro atoms. The first-order valence-corrected chi connectivity index (χ1v) is 21.2. The molecule has 1 aliphatic rings. The van der Waals surface area contributed by atoms with E-state index in [1.165, 1.54) is 73.5 Å². The van der Waals surface area contributed by atoms with Crippen LogP contribution in [0.4, 0.5) is 16.2 Å². The fraction of sp³-hybridized carbons (Fsp3) is 0.196. The van der Waals surface area contributed by atoms with Gasteiger partial charge in [-0.25, -0.2) is 14.4 Å². The van der Waals surface area contributed by atoms with Gasteiger partial charge in [0.05, 0.1) is 28.9 Å². The van der Waals surface area contributed by atoms with Crippen molar-refractivity contribution in [1.29, 1.82) is 0 Å². The van der Waals surface area contributed by atoms with Gasteiger partial charge in [-0.3, -0.25) is 25.0 Å². The molecule has 4 unspecified atom stereocenters. The Bertz CT molecular complexity index is 2410. The zero-order valence-electron chi connectivity index (χ0n) is 33.8. The first-order chi connectivity index (χ1) is 29.9. The maximum atomic E-state index is 15.3. The van der Waals surface area contributed by atoms with E-state index in [0.29, 0.717) is 27.0 Å². The Hall–Kier alpha value is -7.38. The van der Waals surface area contributed by atoms with Gasteiger partial charge in [0.1, 0.15) is 24.7 Å². The van der Waals surface area contributed by atoms with Crippen molar-refractivity contribution in [1.82, 2.24) is 4.90 Å². The van der Waals surface area contributed by atoms with Crippen LogP contribution in [0.5, 0.6) is 0 Å². The van der Waals surface area contributed by atoms with Crippen LogP contribution in [0.3, 0.4) is 0 Å². The van der Waals surface area contributed by atoms with Crippen molar-refractivity contribution in [3.05, 3.63) is 183 Å². The van der Waals surface area contributed by atoms with Crippen molar-refractivity contribution in [3.63, 3.8) is 0 Å². The first kappa shape index (κ1) is 44.2. The van der Waals surface area contributed by atoms with Gasteiger partial charge in [0.15, 0.2) is 0 Å². The van der Waals surface area contributed by atoms with E-state index in [2.05, 4.69) is 0 Å². The Kier molecular flexibility index (Phi) is 14.1. The largest absolute Gasteiger partial charge is 0.508 e. The van der Waals surface area contributed by atoms with Gasteiger partial charge >= 0.3 is 18.1 Å². The Morgan fingerprint density at radius 3 is 1.55 bits per heavy atom. The predicted octanol–water partition coefficient (Wildman–Crippen LogP) is 6.60. The minimum absolute atomic E-state index is 0.0144. The van der Waals surface area contributed by atoms with Crippen molar-refractivity contribution in [2.75, 3.05) is 7.11 Å². The lowest BCUT2D eigenvalue weighted by atomic mass is 9.76. The van der Waals surface area contributed by atoms with Gasteiger partial charge in [0.25, 0.3) is 11.4 Å². The summed E-state index contributed by atoms with van der Waals surface area (Å²) in [6.07, 6.45) is 0.533. The zero-order chi connectivity index (χ0) is 44.4. The quantitative estimate of drug-likeness (QED) is 0.0196. The molecule has 6 rings (SSSR count). The summed E-state index contributed by atoms with van der Waals surface area (Å²) in [5.74, 6) is -3.80. The second kappa shape index (κ2) is 19.8. The highest BCUT2D eigenvalue weighted by Gasteiger charge is 2.57. The molecule has 0 saturated carbocycles. The number of carbonyl (C=O) groups is 4. The number of ether oxygens (including phenoxy) is 4. The third kappa shape index (κ3) is 9.48. The second-order valence-corrected chi connectivity index (χ2v) is 17.6. The van der Waals surface area contributed by atoms with Crippen LogP contribution in [0.2, 0.25) is 0 Å². The molecule has 5 aromatic rings. The summed E-state index contributed by atoms with van der Waals surface area (Å²) in [6.45, 7) is -0.704. The number of β-lactam (4-membered cyclic amide) rings is 1. The van der Waals surface area contributed by atoms with E-state index in [0.717, 1.165) is 0 Å². The van der Waals surface area contributed by atoms with Crippen molar-refractivity contribution < 1.29 is 48.0 Å². The Morgan fingerprint density at radius 1 is 0.694 bits per heavy atom. The monoisotopic (exact) mass is 859 g/mol. The summed E-state index contributed by atoms with van der Waals surface area (Å²) in [6, 6.07) is 38.0. The van der Waals surface area contributed by atoms with E-state index in [9.17, 15) is 29.8 Å². The van der Waals surface area contributed by atoms with Gasteiger partial charge in [-0.05, 0) is 64.1 Å². The maximum absolute atomic E-state index is 15.3. The smallest absolute Gasteiger partial charge is 0.466 e. The van der Waals surface area contributed by atoms with Crippen molar-refractivity contribution in [2.24, 2.45) is 11.8 Å². The fourth-order valence-electron chi connectivity index (χ4n) is 7.44. The number of amides is 1. The van der Waals surface area contributed by atoms with E-state index in [4.69, 9.17) is 18.9 Å². The van der Waals surface area contributed by atoms with Gasteiger partial charge in [-0.2, -0.15) is 0 Å². The second-order valence-electron chi connectivity index (χ2n) is 14.3.